The first-order valence-electron chi connectivity index (χ1n) is 8.92. The lowest BCUT2D eigenvalue weighted by Gasteiger charge is -2.35. The Morgan fingerprint density at radius 2 is 1.80 bits per heavy atom. The highest BCUT2D eigenvalue weighted by molar-refractivity contribution is 9.10. The van der Waals surface area contributed by atoms with Crippen LogP contribution in [-0.4, -0.2) is 82.5 Å². The van der Waals surface area contributed by atoms with Gasteiger partial charge in [0, 0.05) is 39.3 Å². The zero-order valence-corrected chi connectivity index (χ0v) is 17.1. The van der Waals surface area contributed by atoms with E-state index in [1.165, 1.54) is 0 Å². The highest BCUT2D eigenvalue weighted by atomic mass is 79.9. The van der Waals surface area contributed by atoms with E-state index in [4.69, 9.17) is 0 Å². The van der Waals surface area contributed by atoms with Crippen molar-refractivity contribution in [2.75, 3.05) is 45.8 Å². The maximum Gasteiger partial charge on any atom is 0.275 e. The summed E-state index contributed by atoms with van der Waals surface area (Å²) in [6.45, 7) is 12.6. The van der Waals surface area contributed by atoms with E-state index in [2.05, 4.69) is 44.9 Å². The van der Waals surface area contributed by atoms with Crippen LogP contribution in [0.5, 0.6) is 0 Å². The summed E-state index contributed by atoms with van der Waals surface area (Å²) in [7, 11) is 0. The number of likely N-dealkylation sites (N-methyl/N-ethyl adjacent to an activating group) is 1. The highest BCUT2D eigenvalue weighted by Gasteiger charge is 2.28. The van der Waals surface area contributed by atoms with Gasteiger partial charge in [-0.3, -0.25) is 19.6 Å². The van der Waals surface area contributed by atoms with E-state index in [0.717, 1.165) is 23.3 Å². The number of carbonyl (C=O) groups is 2. The van der Waals surface area contributed by atoms with Crippen LogP contribution < -0.4 is 0 Å². The highest BCUT2D eigenvalue weighted by Crippen LogP contribution is 2.26. The summed E-state index contributed by atoms with van der Waals surface area (Å²) in [5.41, 5.74) is 1.38. The molecule has 1 N–H and O–H groups in total. The van der Waals surface area contributed by atoms with Crippen LogP contribution in [0.15, 0.2) is 4.47 Å². The Bertz CT molecular complexity index is 604. The van der Waals surface area contributed by atoms with Gasteiger partial charge >= 0.3 is 0 Å². The lowest BCUT2D eigenvalue weighted by atomic mass is 10.1. The Morgan fingerprint density at radius 1 is 1.20 bits per heavy atom. The zero-order valence-electron chi connectivity index (χ0n) is 15.5. The van der Waals surface area contributed by atoms with Crippen LogP contribution in [0.3, 0.4) is 0 Å². The van der Waals surface area contributed by atoms with Crippen molar-refractivity contribution in [2.24, 2.45) is 0 Å². The smallest absolute Gasteiger partial charge is 0.275 e. The summed E-state index contributed by atoms with van der Waals surface area (Å²) < 4.78 is 0.756. The molecule has 0 radical (unpaired) electrons. The molecule has 0 saturated carbocycles. The number of H-pyrrole nitrogens is 1. The van der Waals surface area contributed by atoms with Crippen molar-refractivity contribution in [1.82, 2.24) is 24.9 Å². The Hall–Kier alpha value is -1.41. The monoisotopic (exact) mass is 413 g/mol. The molecule has 0 aliphatic carbocycles. The van der Waals surface area contributed by atoms with Crippen molar-refractivity contribution < 1.29 is 9.59 Å². The molecule has 0 bridgehead atoms. The average molecular weight is 414 g/mol. The molecule has 7 nitrogen and oxygen atoms in total. The lowest BCUT2D eigenvalue weighted by Crippen LogP contribution is -2.51. The number of halogens is 1. The predicted octanol–water partition coefficient (Wildman–Crippen LogP) is 1.92. The van der Waals surface area contributed by atoms with Crippen LogP contribution in [0, 0.1) is 0 Å². The number of hydrogen-bond donors (Lipinski definition) is 1. The molecule has 1 aliphatic rings. The van der Waals surface area contributed by atoms with Gasteiger partial charge in [0.25, 0.3) is 5.91 Å². The van der Waals surface area contributed by atoms with E-state index in [1.807, 2.05) is 23.6 Å². The third-order valence-corrected chi connectivity index (χ3v) is 5.45. The molecule has 1 aromatic rings. The largest absolute Gasteiger partial charge is 0.342 e. The SMILES string of the molecule is CCN(CC)C(=O)CN1CCN(C(=O)c2n[nH]c(C(C)C)c2Br)CC1. The summed E-state index contributed by atoms with van der Waals surface area (Å²) in [6.07, 6.45) is 0. The van der Waals surface area contributed by atoms with Crippen molar-refractivity contribution in [2.45, 2.75) is 33.6 Å². The number of piperazine rings is 1. The Kier molecular flexibility index (Phi) is 7.01. The van der Waals surface area contributed by atoms with Crippen molar-refractivity contribution in [1.29, 1.82) is 0 Å². The van der Waals surface area contributed by atoms with Crippen molar-refractivity contribution in [3.05, 3.63) is 15.9 Å². The van der Waals surface area contributed by atoms with Crippen LogP contribution in [0.25, 0.3) is 0 Å². The topological polar surface area (TPSA) is 72.5 Å². The molecule has 2 amide bonds. The summed E-state index contributed by atoms with van der Waals surface area (Å²) >= 11 is 3.49. The predicted molar refractivity (Wildman–Crippen MR) is 101 cm³/mol. The van der Waals surface area contributed by atoms with Gasteiger partial charge in [0.05, 0.1) is 16.7 Å². The van der Waals surface area contributed by atoms with Gasteiger partial charge in [-0.2, -0.15) is 5.10 Å². The molecular formula is C17H28BrN5O2. The minimum atomic E-state index is -0.0651. The molecule has 140 valence electrons. The number of nitrogens with one attached hydrogen (secondary N) is 1. The summed E-state index contributed by atoms with van der Waals surface area (Å²) in [5, 5.41) is 7.14. The van der Waals surface area contributed by atoms with Crippen LogP contribution in [0.2, 0.25) is 0 Å². The first-order chi connectivity index (χ1) is 11.9. The van der Waals surface area contributed by atoms with Gasteiger partial charge < -0.3 is 9.80 Å². The first kappa shape index (κ1) is 19.9. The molecule has 1 fully saturated rings. The summed E-state index contributed by atoms with van der Waals surface area (Å²) in [6, 6.07) is 0. The van der Waals surface area contributed by atoms with Crippen LogP contribution >= 0.6 is 15.9 Å². The van der Waals surface area contributed by atoms with Gasteiger partial charge in [-0.15, -0.1) is 0 Å². The van der Waals surface area contributed by atoms with Gasteiger partial charge in [-0.1, -0.05) is 13.8 Å². The van der Waals surface area contributed by atoms with E-state index in [1.54, 1.807) is 0 Å². The van der Waals surface area contributed by atoms with Crippen LogP contribution in [-0.2, 0) is 4.79 Å². The zero-order chi connectivity index (χ0) is 18.6. The van der Waals surface area contributed by atoms with E-state index < -0.39 is 0 Å². The number of aromatic amines is 1. The second kappa shape index (κ2) is 8.80. The number of carbonyl (C=O) groups excluding carboxylic acids is 2. The second-order valence-corrected chi connectivity index (χ2v) is 7.38. The number of nitrogens with zero attached hydrogens (tertiary/aromatic N) is 4. The van der Waals surface area contributed by atoms with E-state index in [0.29, 0.717) is 38.4 Å². The second-order valence-electron chi connectivity index (χ2n) is 6.59. The van der Waals surface area contributed by atoms with Gasteiger partial charge in [0.1, 0.15) is 0 Å². The number of amides is 2. The number of rotatable bonds is 6. The fourth-order valence-electron chi connectivity index (χ4n) is 2.99. The van der Waals surface area contributed by atoms with Crippen molar-refractivity contribution in [3.8, 4) is 0 Å². The van der Waals surface area contributed by atoms with E-state index >= 15 is 0 Å². The Labute approximate surface area is 157 Å². The molecule has 1 aliphatic heterocycles. The van der Waals surface area contributed by atoms with Crippen molar-refractivity contribution in [3.63, 3.8) is 0 Å². The van der Waals surface area contributed by atoms with E-state index in [-0.39, 0.29) is 17.7 Å². The van der Waals surface area contributed by atoms with Gasteiger partial charge in [0.15, 0.2) is 5.69 Å². The van der Waals surface area contributed by atoms with Gasteiger partial charge in [-0.25, -0.2) is 0 Å². The average Bonchev–Trinajstić information content (AvgIpc) is 2.97. The van der Waals surface area contributed by atoms with Crippen LogP contribution in [0.1, 0.15) is 49.8 Å². The summed E-state index contributed by atoms with van der Waals surface area (Å²) in [5.74, 6) is 0.359. The fraction of sp³-hybridized carbons (Fsp3) is 0.706. The molecule has 2 rings (SSSR count). The van der Waals surface area contributed by atoms with E-state index in [9.17, 15) is 9.59 Å². The first-order valence-corrected chi connectivity index (χ1v) is 9.71. The van der Waals surface area contributed by atoms with Crippen molar-refractivity contribution >= 4 is 27.7 Å². The molecule has 2 heterocycles. The minimum absolute atomic E-state index is 0.0651. The number of hydrogen-bond acceptors (Lipinski definition) is 4. The third-order valence-electron chi connectivity index (χ3n) is 4.65. The molecular weight excluding hydrogens is 386 g/mol. The van der Waals surface area contributed by atoms with Gasteiger partial charge in [-0.05, 0) is 35.7 Å². The maximum atomic E-state index is 12.7. The standard InChI is InChI=1S/C17H28BrN5O2/c1-5-22(6-2)13(24)11-21-7-9-23(10-8-21)17(25)16-14(18)15(12(3)4)19-20-16/h12H,5-11H2,1-4H3,(H,19,20). The minimum Gasteiger partial charge on any atom is -0.342 e. The molecule has 0 aromatic carbocycles. The summed E-state index contributed by atoms with van der Waals surface area (Å²) in [4.78, 5) is 30.7. The quantitative estimate of drug-likeness (QED) is 0.772. The Balaban J connectivity index is 1.91. The Morgan fingerprint density at radius 3 is 2.28 bits per heavy atom. The van der Waals surface area contributed by atoms with Gasteiger partial charge in [0.2, 0.25) is 5.91 Å². The molecule has 0 atom stereocenters. The maximum absolute atomic E-state index is 12.7. The molecule has 1 aromatic heterocycles. The normalized spacial score (nSPS) is 15.7. The van der Waals surface area contributed by atoms with Crippen LogP contribution in [0.4, 0.5) is 0 Å². The molecule has 1 saturated heterocycles. The number of aromatic nitrogens is 2. The fourth-order valence-corrected chi connectivity index (χ4v) is 3.80. The molecule has 25 heavy (non-hydrogen) atoms. The molecule has 8 heteroatoms. The third kappa shape index (κ3) is 4.61. The molecule has 0 spiro atoms. The molecule has 0 unspecified atom stereocenters. The lowest BCUT2D eigenvalue weighted by molar-refractivity contribution is -0.132.